The highest BCUT2D eigenvalue weighted by Crippen LogP contribution is 2.30. The Morgan fingerprint density at radius 2 is 1.93 bits per heavy atom. The number of hydrogen-bond acceptors (Lipinski definition) is 5. The molecule has 0 spiro atoms. The Labute approximate surface area is 175 Å². The molecule has 2 aromatic rings. The van der Waals surface area contributed by atoms with Crippen LogP contribution < -0.4 is 5.32 Å². The van der Waals surface area contributed by atoms with Gasteiger partial charge < -0.3 is 10.2 Å². The van der Waals surface area contributed by atoms with E-state index < -0.39 is 0 Å². The fourth-order valence-corrected chi connectivity index (χ4v) is 5.20. The first-order valence-electron chi connectivity index (χ1n) is 10.2. The molecule has 1 unspecified atom stereocenters. The Hall–Kier alpha value is -1.63. The first-order valence-corrected chi connectivity index (χ1v) is 11.4. The molecule has 1 atom stereocenters. The van der Waals surface area contributed by atoms with Crippen LogP contribution in [0.15, 0.2) is 29.8 Å². The van der Waals surface area contributed by atoms with Gasteiger partial charge in [-0.25, -0.2) is 4.98 Å². The van der Waals surface area contributed by atoms with Crippen molar-refractivity contribution in [3.8, 4) is 0 Å². The van der Waals surface area contributed by atoms with E-state index in [1.807, 2.05) is 4.90 Å². The smallest absolute Gasteiger partial charge is 0.255 e. The molecule has 150 valence electrons. The van der Waals surface area contributed by atoms with Crippen LogP contribution in [0, 0.1) is 0 Å². The lowest BCUT2D eigenvalue weighted by Gasteiger charge is -2.28. The second-order valence-electron chi connectivity index (χ2n) is 7.56. The lowest BCUT2D eigenvalue weighted by atomic mass is 10.1. The molecule has 2 aromatic heterocycles. The molecule has 4 heterocycles. The van der Waals surface area contributed by atoms with E-state index >= 15 is 0 Å². The molecule has 1 N–H and O–H groups in total. The highest BCUT2D eigenvalue weighted by atomic mass is 35.5. The number of pyridine rings is 1. The van der Waals surface area contributed by atoms with E-state index in [9.17, 15) is 4.79 Å². The number of anilines is 1. The van der Waals surface area contributed by atoms with Crippen molar-refractivity contribution in [2.24, 2.45) is 0 Å². The number of hydrogen-bond donors (Lipinski definition) is 1. The number of aromatic nitrogens is 1. The summed E-state index contributed by atoms with van der Waals surface area (Å²) >= 11 is 8.27. The summed E-state index contributed by atoms with van der Waals surface area (Å²) in [5.41, 5.74) is 0.576. The Bertz CT molecular complexity index is 786. The molecule has 2 aliphatic heterocycles. The van der Waals surface area contributed by atoms with Crippen molar-refractivity contribution < 1.29 is 4.79 Å². The highest BCUT2D eigenvalue weighted by Gasteiger charge is 2.25. The summed E-state index contributed by atoms with van der Waals surface area (Å²) in [5, 5.41) is 6.06. The molecule has 2 aliphatic rings. The molecule has 0 bridgehead atoms. The third kappa shape index (κ3) is 4.50. The maximum atomic E-state index is 12.7. The number of carbonyl (C=O) groups excluding carboxylic acids is 1. The molecule has 0 aromatic carbocycles. The maximum Gasteiger partial charge on any atom is 0.255 e. The van der Waals surface area contributed by atoms with Gasteiger partial charge >= 0.3 is 0 Å². The number of piperidine rings is 1. The first-order chi connectivity index (χ1) is 13.7. The van der Waals surface area contributed by atoms with Gasteiger partial charge in [0.25, 0.3) is 5.91 Å². The monoisotopic (exact) mass is 418 g/mol. The molecular formula is C21H27ClN4OS. The zero-order valence-corrected chi connectivity index (χ0v) is 17.6. The normalized spacial score (nSPS) is 19.0. The number of halogens is 1. The van der Waals surface area contributed by atoms with Crippen LogP contribution >= 0.6 is 22.9 Å². The Kier molecular flexibility index (Phi) is 6.50. The summed E-state index contributed by atoms with van der Waals surface area (Å²) in [6, 6.07) is 6.39. The van der Waals surface area contributed by atoms with E-state index in [4.69, 9.17) is 11.6 Å². The predicted octanol–water partition coefficient (Wildman–Crippen LogP) is 4.67. The molecule has 0 saturated carbocycles. The van der Waals surface area contributed by atoms with Gasteiger partial charge in [-0.1, -0.05) is 17.7 Å². The van der Waals surface area contributed by atoms with Gasteiger partial charge in [-0.2, -0.15) is 0 Å². The number of nitrogens with zero attached hydrogens (tertiary/aromatic N) is 3. The predicted molar refractivity (Wildman–Crippen MR) is 115 cm³/mol. The minimum atomic E-state index is 0.0363. The maximum absolute atomic E-state index is 12.7. The highest BCUT2D eigenvalue weighted by molar-refractivity contribution is 7.10. The summed E-state index contributed by atoms with van der Waals surface area (Å²) in [7, 11) is 0. The van der Waals surface area contributed by atoms with Crippen LogP contribution in [0.1, 0.15) is 53.4 Å². The zero-order valence-electron chi connectivity index (χ0n) is 16.1. The topological polar surface area (TPSA) is 48.5 Å². The number of rotatable bonds is 6. The van der Waals surface area contributed by atoms with E-state index in [0.717, 1.165) is 45.6 Å². The molecule has 4 rings (SSSR count). The SMILES string of the molecule is O=C(c1cnc(NCC(c2cccs2)N2CCCC2)c(Cl)c1)N1CCCCC1. The number of carbonyl (C=O) groups is 1. The van der Waals surface area contributed by atoms with Crippen LogP contribution in [0.4, 0.5) is 5.82 Å². The molecule has 7 heteroatoms. The summed E-state index contributed by atoms with van der Waals surface area (Å²) in [5.74, 6) is 0.687. The number of likely N-dealkylation sites (tertiary alicyclic amines) is 2. The lowest BCUT2D eigenvalue weighted by Crippen LogP contribution is -2.35. The standard InChI is InChI=1S/C21H27ClN4OS/c22-17-13-16(21(27)26-10-2-1-3-11-26)14-23-20(17)24-15-18(19-7-6-12-28-19)25-8-4-5-9-25/h6-7,12-14,18H,1-5,8-11,15H2,(H,23,24). The third-order valence-corrected chi connectivity index (χ3v) is 6.91. The molecule has 0 aliphatic carbocycles. The molecule has 1 amide bonds. The van der Waals surface area contributed by atoms with E-state index in [2.05, 4.69) is 32.7 Å². The second-order valence-corrected chi connectivity index (χ2v) is 8.95. The van der Waals surface area contributed by atoms with Crippen LogP contribution in [0.2, 0.25) is 5.02 Å². The number of thiophene rings is 1. The Morgan fingerprint density at radius 1 is 1.18 bits per heavy atom. The third-order valence-electron chi connectivity index (χ3n) is 5.65. The largest absolute Gasteiger partial charge is 0.367 e. The Morgan fingerprint density at radius 3 is 2.61 bits per heavy atom. The quantitative estimate of drug-likeness (QED) is 0.740. The van der Waals surface area contributed by atoms with Crippen LogP contribution in [-0.4, -0.2) is 53.4 Å². The molecule has 28 heavy (non-hydrogen) atoms. The molecule has 0 radical (unpaired) electrons. The van der Waals surface area contributed by atoms with Gasteiger partial charge in [0.05, 0.1) is 16.6 Å². The fraction of sp³-hybridized carbons (Fsp3) is 0.524. The number of amides is 1. The van der Waals surface area contributed by atoms with Crippen molar-refractivity contribution in [3.05, 3.63) is 45.2 Å². The van der Waals surface area contributed by atoms with Crippen LogP contribution in [0.3, 0.4) is 0 Å². The van der Waals surface area contributed by atoms with E-state index in [1.54, 1.807) is 23.6 Å². The molecule has 5 nitrogen and oxygen atoms in total. The van der Waals surface area contributed by atoms with Crippen molar-refractivity contribution in [2.75, 3.05) is 38.0 Å². The van der Waals surface area contributed by atoms with Crippen LogP contribution in [0.25, 0.3) is 0 Å². The van der Waals surface area contributed by atoms with Crippen molar-refractivity contribution in [3.63, 3.8) is 0 Å². The second kappa shape index (κ2) is 9.25. The minimum Gasteiger partial charge on any atom is -0.367 e. The van der Waals surface area contributed by atoms with Gasteiger partial charge in [0.1, 0.15) is 5.82 Å². The van der Waals surface area contributed by atoms with Gasteiger partial charge in [0, 0.05) is 30.7 Å². The first kappa shape index (κ1) is 19.7. The molecule has 2 saturated heterocycles. The van der Waals surface area contributed by atoms with Gasteiger partial charge in [-0.15, -0.1) is 11.3 Å². The van der Waals surface area contributed by atoms with Gasteiger partial charge in [0.2, 0.25) is 0 Å². The van der Waals surface area contributed by atoms with E-state index in [-0.39, 0.29) is 5.91 Å². The molecular weight excluding hydrogens is 392 g/mol. The Balaban J connectivity index is 1.43. The van der Waals surface area contributed by atoms with Crippen LogP contribution in [0.5, 0.6) is 0 Å². The summed E-state index contributed by atoms with van der Waals surface area (Å²) in [6.07, 6.45) is 7.53. The van der Waals surface area contributed by atoms with Gasteiger partial charge in [0.15, 0.2) is 0 Å². The van der Waals surface area contributed by atoms with Crippen molar-refractivity contribution in [1.29, 1.82) is 0 Å². The minimum absolute atomic E-state index is 0.0363. The van der Waals surface area contributed by atoms with Crippen LogP contribution in [-0.2, 0) is 0 Å². The van der Waals surface area contributed by atoms with Crippen molar-refractivity contribution in [1.82, 2.24) is 14.8 Å². The average Bonchev–Trinajstić information content (AvgIpc) is 3.44. The molecule has 2 fully saturated rings. The van der Waals surface area contributed by atoms with Gasteiger partial charge in [-0.3, -0.25) is 9.69 Å². The summed E-state index contributed by atoms with van der Waals surface area (Å²) in [4.78, 5) is 22.9. The zero-order chi connectivity index (χ0) is 19.3. The van der Waals surface area contributed by atoms with Gasteiger partial charge in [-0.05, 0) is 62.7 Å². The summed E-state index contributed by atoms with van der Waals surface area (Å²) < 4.78 is 0. The van der Waals surface area contributed by atoms with E-state index in [1.165, 1.54) is 24.1 Å². The summed E-state index contributed by atoms with van der Waals surface area (Å²) in [6.45, 7) is 4.68. The van der Waals surface area contributed by atoms with E-state index in [0.29, 0.717) is 22.4 Å². The lowest BCUT2D eigenvalue weighted by molar-refractivity contribution is 0.0724. The van der Waals surface area contributed by atoms with Crippen molar-refractivity contribution >= 4 is 34.7 Å². The number of nitrogens with one attached hydrogen (secondary N) is 1. The fourth-order valence-electron chi connectivity index (χ4n) is 4.10. The van der Waals surface area contributed by atoms with Crippen molar-refractivity contribution in [2.45, 2.75) is 38.1 Å². The average molecular weight is 419 g/mol.